The van der Waals surface area contributed by atoms with Crippen molar-refractivity contribution in [1.29, 1.82) is 0 Å². The number of hydrogen-bond acceptors (Lipinski definition) is 3. The van der Waals surface area contributed by atoms with Crippen LogP contribution in [0.5, 0.6) is 11.5 Å². The van der Waals surface area contributed by atoms with Gasteiger partial charge in [-0.1, -0.05) is 13.0 Å². The fourth-order valence-electron chi connectivity index (χ4n) is 1.89. The Balaban J connectivity index is 1.80. The average Bonchev–Trinajstić information content (AvgIpc) is 2.53. The van der Waals surface area contributed by atoms with E-state index < -0.39 is 5.97 Å². The Hall–Kier alpha value is -2.01. The van der Waals surface area contributed by atoms with Gasteiger partial charge in [-0.05, 0) is 64.3 Å². The molecule has 0 atom stereocenters. The molecule has 0 saturated heterocycles. The van der Waals surface area contributed by atoms with Gasteiger partial charge in [0.05, 0.1) is 10.0 Å². The van der Waals surface area contributed by atoms with Gasteiger partial charge in [0.2, 0.25) is 0 Å². The lowest BCUT2D eigenvalue weighted by atomic mass is 10.2. The van der Waals surface area contributed by atoms with Gasteiger partial charge in [0.15, 0.2) is 0 Å². The van der Waals surface area contributed by atoms with E-state index in [9.17, 15) is 4.79 Å². The predicted octanol–water partition coefficient (Wildman–Crippen LogP) is 4.17. The van der Waals surface area contributed by atoms with Crippen LogP contribution in [0.25, 0.3) is 0 Å². The fraction of sp³-hybridized carbons (Fsp3) is 0.235. The molecular formula is C17H17BrO4. The van der Waals surface area contributed by atoms with E-state index in [2.05, 4.69) is 22.9 Å². The van der Waals surface area contributed by atoms with Crippen molar-refractivity contribution in [3.05, 3.63) is 58.1 Å². The summed E-state index contributed by atoms with van der Waals surface area (Å²) in [6.07, 6.45) is 0.980. The maximum Gasteiger partial charge on any atom is 0.335 e. The average molecular weight is 365 g/mol. The zero-order chi connectivity index (χ0) is 15.9. The molecule has 2 rings (SSSR count). The van der Waals surface area contributed by atoms with E-state index >= 15 is 0 Å². The Morgan fingerprint density at radius 2 is 1.77 bits per heavy atom. The topological polar surface area (TPSA) is 55.8 Å². The van der Waals surface area contributed by atoms with Gasteiger partial charge in [-0.3, -0.25) is 0 Å². The van der Waals surface area contributed by atoms with Crippen molar-refractivity contribution in [2.75, 3.05) is 13.2 Å². The van der Waals surface area contributed by atoms with Crippen molar-refractivity contribution in [2.24, 2.45) is 0 Å². The maximum absolute atomic E-state index is 10.7. The van der Waals surface area contributed by atoms with Crippen LogP contribution in [-0.2, 0) is 6.42 Å². The quantitative estimate of drug-likeness (QED) is 0.749. The summed E-state index contributed by atoms with van der Waals surface area (Å²) in [6.45, 7) is 2.89. The molecule has 0 fully saturated rings. The Bertz CT molecular complexity index is 638. The Kier molecular flexibility index (Phi) is 5.83. The smallest absolute Gasteiger partial charge is 0.335 e. The molecule has 0 radical (unpaired) electrons. The molecule has 0 unspecified atom stereocenters. The van der Waals surface area contributed by atoms with E-state index in [1.165, 1.54) is 17.7 Å². The molecule has 22 heavy (non-hydrogen) atoms. The number of ether oxygens (including phenoxy) is 2. The number of hydrogen-bond donors (Lipinski definition) is 1. The highest BCUT2D eigenvalue weighted by Crippen LogP contribution is 2.26. The van der Waals surface area contributed by atoms with E-state index in [4.69, 9.17) is 14.6 Å². The summed E-state index contributed by atoms with van der Waals surface area (Å²) < 4.78 is 12.1. The van der Waals surface area contributed by atoms with E-state index in [1.54, 1.807) is 12.1 Å². The first kappa shape index (κ1) is 16.4. The lowest BCUT2D eigenvalue weighted by Crippen LogP contribution is -2.09. The van der Waals surface area contributed by atoms with Gasteiger partial charge in [-0.25, -0.2) is 4.79 Å². The number of benzene rings is 2. The van der Waals surface area contributed by atoms with Crippen LogP contribution >= 0.6 is 15.9 Å². The molecule has 116 valence electrons. The molecule has 0 aliphatic carbocycles. The second-order valence-corrected chi connectivity index (χ2v) is 5.50. The second kappa shape index (κ2) is 7.84. The number of rotatable bonds is 7. The molecule has 2 aromatic carbocycles. The molecule has 0 heterocycles. The minimum Gasteiger partial charge on any atom is -0.490 e. The van der Waals surface area contributed by atoms with Crippen molar-refractivity contribution >= 4 is 21.9 Å². The number of aromatic carboxylic acids is 1. The second-order valence-electron chi connectivity index (χ2n) is 4.64. The SMILES string of the molecule is CCc1ccc(OCCOc2ccc(C(=O)O)cc2)c(Br)c1. The van der Waals surface area contributed by atoms with Crippen LogP contribution in [0.1, 0.15) is 22.8 Å². The molecule has 0 aliphatic rings. The van der Waals surface area contributed by atoms with Crippen molar-refractivity contribution in [3.8, 4) is 11.5 Å². The summed E-state index contributed by atoms with van der Waals surface area (Å²) in [4.78, 5) is 10.7. The number of carboxylic acids is 1. The lowest BCUT2D eigenvalue weighted by molar-refractivity contribution is 0.0697. The van der Waals surface area contributed by atoms with Gasteiger partial charge >= 0.3 is 5.97 Å². The predicted molar refractivity (Wildman–Crippen MR) is 87.9 cm³/mol. The minimum absolute atomic E-state index is 0.239. The van der Waals surface area contributed by atoms with E-state index in [0.717, 1.165) is 16.6 Å². The molecule has 4 nitrogen and oxygen atoms in total. The monoisotopic (exact) mass is 364 g/mol. The van der Waals surface area contributed by atoms with Crippen LogP contribution < -0.4 is 9.47 Å². The van der Waals surface area contributed by atoms with Crippen LogP contribution in [0.15, 0.2) is 46.9 Å². The van der Waals surface area contributed by atoms with E-state index in [0.29, 0.717) is 19.0 Å². The minimum atomic E-state index is -0.949. The van der Waals surface area contributed by atoms with Gasteiger partial charge in [-0.15, -0.1) is 0 Å². The van der Waals surface area contributed by atoms with E-state index in [1.807, 2.05) is 18.2 Å². The van der Waals surface area contributed by atoms with Crippen molar-refractivity contribution in [3.63, 3.8) is 0 Å². The van der Waals surface area contributed by atoms with E-state index in [-0.39, 0.29) is 5.56 Å². The summed E-state index contributed by atoms with van der Waals surface area (Å²) in [5.74, 6) is 0.450. The molecule has 0 saturated carbocycles. The first-order chi connectivity index (χ1) is 10.6. The van der Waals surface area contributed by atoms with Crippen LogP contribution in [0, 0.1) is 0 Å². The van der Waals surface area contributed by atoms with Crippen molar-refractivity contribution < 1.29 is 19.4 Å². The molecule has 0 spiro atoms. The standard InChI is InChI=1S/C17H17BrO4/c1-2-12-3-8-16(15(18)11-12)22-10-9-21-14-6-4-13(5-7-14)17(19)20/h3-8,11H,2,9-10H2,1H3,(H,19,20). The molecule has 0 aromatic heterocycles. The van der Waals surface area contributed by atoms with Crippen LogP contribution in [0.2, 0.25) is 0 Å². The Labute approximate surface area is 137 Å². The first-order valence-electron chi connectivity index (χ1n) is 6.97. The zero-order valence-electron chi connectivity index (χ0n) is 12.2. The summed E-state index contributed by atoms with van der Waals surface area (Å²) in [7, 11) is 0. The summed E-state index contributed by atoms with van der Waals surface area (Å²) in [6, 6.07) is 12.3. The third-order valence-electron chi connectivity index (χ3n) is 3.12. The van der Waals surface area contributed by atoms with Crippen molar-refractivity contribution in [2.45, 2.75) is 13.3 Å². The third-order valence-corrected chi connectivity index (χ3v) is 3.74. The summed E-state index contributed by atoms with van der Waals surface area (Å²) >= 11 is 3.49. The zero-order valence-corrected chi connectivity index (χ0v) is 13.8. The molecule has 2 aromatic rings. The summed E-state index contributed by atoms with van der Waals surface area (Å²) in [5, 5.41) is 8.81. The van der Waals surface area contributed by atoms with Crippen molar-refractivity contribution in [1.82, 2.24) is 0 Å². The van der Waals surface area contributed by atoms with Gasteiger partial charge in [0.25, 0.3) is 0 Å². The molecule has 1 N–H and O–H groups in total. The fourth-order valence-corrected chi connectivity index (χ4v) is 2.43. The van der Waals surface area contributed by atoms with Gasteiger partial charge < -0.3 is 14.6 Å². The van der Waals surface area contributed by atoms with Gasteiger partial charge in [0.1, 0.15) is 24.7 Å². The van der Waals surface area contributed by atoms with Crippen LogP contribution in [-0.4, -0.2) is 24.3 Å². The van der Waals surface area contributed by atoms with Gasteiger partial charge in [-0.2, -0.15) is 0 Å². The Morgan fingerprint density at radius 3 is 2.36 bits per heavy atom. The number of carboxylic acid groups (broad SMARTS) is 1. The number of carbonyl (C=O) groups is 1. The third kappa shape index (κ3) is 4.49. The highest BCUT2D eigenvalue weighted by Gasteiger charge is 2.04. The Morgan fingerprint density at radius 1 is 1.09 bits per heavy atom. The van der Waals surface area contributed by atoms with Crippen LogP contribution in [0.4, 0.5) is 0 Å². The molecule has 0 amide bonds. The number of halogens is 1. The molecule has 5 heteroatoms. The van der Waals surface area contributed by atoms with Gasteiger partial charge in [0, 0.05) is 0 Å². The normalized spacial score (nSPS) is 10.3. The van der Waals surface area contributed by atoms with Crippen LogP contribution in [0.3, 0.4) is 0 Å². The molecular weight excluding hydrogens is 348 g/mol. The first-order valence-corrected chi connectivity index (χ1v) is 7.77. The molecule has 0 bridgehead atoms. The lowest BCUT2D eigenvalue weighted by Gasteiger charge is -2.10. The molecule has 0 aliphatic heterocycles. The summed E-state index contributed by atoms with van der Waals surface area (Å²) in [5.41, 5.74) is 1.48. The number of aryl methyl sites for hydroxylation is 1. The highest BCUT2D eigenvalue weighted by atomic mass is 79.9. The highest BCUT2D eigenvalue weighted by molar-refractivity contribution is 9.10. The largest absolute Gasteiger partial charge is 0.490 e. The maximum atomic E-state index is 10.7.